The maximum Gasteiger partial charge on any atom is 0.227 e. The van der Waals surface area contributed by atoms with Gasteiger partial charge in [-0.05, 0) is 43.2 Å². The molecular formula is C12H19N3OS. The van der Waals surface area contributed by atoms with E-state index in [0.29, 0.717) is 6.04 Å². The predicted octanol–water partition coefficient (Wildman–Crippen LogP) is 2.18. The van der Waals surface area contributed by atoms with Gasteiger partial charge in [-0.1, -0.05) is 11.6 Å². The van der Waals surface area contributed by atoms with Crippen LogP contribution in [0, 0.1) is 5.92 Å². The van der Waals surface area contributed by atoms with Crippen molar-refractivity contribution in [2.24, 2.45) is 5.92 Å². The van der Waals surface area contributed by atoms with E-state index in [4.69, 9.17) is 4.52 Å². The molecule has 2 saturated heterocycles. The third-order valence-corrected chi connectivity index (χ3v) is 4.82. The number of rotatable bonds is 3. The fourth-order valence-corrected chi connectivity index (χ4v) is 3.84. The third kappa shape index (κ3) is 2.83. The average molecular weight is 253 g/mol. The molecule has 4 nitrogen and oxygen atoms in total. The van der Waals surface area contributed by atoms with Gasteiger partial charge in [0.05, 0.1) is 6.04 Å². The van der Waals surface area contributed by atoms with Crippen molar-refractivity contribution in [2.75, 3.05) is 18.1 Å². The van der Waals surface area contributed by atoms with E-state index in [1.807, 2.05) is 11.8 Å². The standard InChI is InChI=1S/C12H19N3OS/c1-2-5-13-10(3-1)12-14-11(16-15-12)7-9-4-6-17-8-9/h9-10,13H,1-8H2. The van der Waals surface area contributed by atoms with Crippen molar-refractivity contribution in [3.63, 3.8) is 0 Å². The second-order valence-electron chi connectivity index (χ2n) is 4.98. The summed E-state index contributed by atoms with van der Waals surface area (Å²) < 4.78 is 5.37. The van der Waals surface area contributed by atoms with Gasteiger partial charge in [-0.25, -0.2) is 0 Å². The van der Waals surface area contributed by atoms with Gasteiger partial charge in [0, 0.05) is 6.42 Å². The molecule has 1 aromatic rings. The summed E-state index contributed by atoms with van der Waals surface area (Å²) in [5.74, 6) is 4.98. The number of piperidine rings is 1. The van der Waals surface area contributed by atoms with Crippen molar-refractivity contribution in [3.05, 3.63) is 11.7 Å². The number of hydrogen-bond acceptors (Lipinski definition) is 5. The maximum atomic E-state index is 5.37. The first-order valence-corrected chi connectivity index (χ1v) is 7.71. The fourth-order valence-electron chi connectivity index (χ4n) is 2.56. The Kier molecular flexibility index (Phi) is 3.66. The largest absolute Gasteiger partial charge is 0.339 e. The van der Waals surface area contributed by atoms with E-state index in [2.05, 4.69) is 15.5 Å². The minimum Gasteiger partial charge on any atom is -0.339 e. The van der Waals surface area contributed by atoms with Gasteiger partial charge in [0.2, 0.25) is 5.89 Å². The van der Waals surface area contributed by atoms with Crippen LogP contribution in [-0.2, 0) is 6.42 Å². The van der Waals surface area contributed by atoms with E-state index in [-0.39, 0.29) is 0 Å². The summed E-state index contributed by atoms with van der Waals surface area (Å²) in [7, 11) is 0. The van der Waals surface area contributed by atoms with E-state index in [1.165, 1.54) is 30.8 Å². The molecule has 2 aliphatic heterocycles. The molecule has 3 rings (SSSR count). The van der Waals surface area contributed by atoms with Gasteiger partial charge in [-0.15, -0.1) is 0 Å². The Balaban J connectivity index is 1.60. The van der Waals surface area contributed by atoms with Crippen molar-refractivity contribution in [1.29, 1.82) is 0 Å². The molecule has 94 valence electrons. The van der Waals surface area contributed by atoms with Gasteiger partial charge < -0.3 is 9.84 Å². The van der Waals surface area contributed by atoms with E-state index < -0.39 is 0 Å². The Labute approximate surface area is 106 Å². The summed E-state index contributed by atoms with van der Waals surface area (Å²) in [6, 6.07) is 0.319. The molecule has 0 saturated carbocycles. The lowest BCUT2D eigenvalue weighted by Gasteiger charge is -2.19. The molecule has 17 heavy (non-hydrogen) atoms. The SMILES string of the molecule is C1CCC(c2noc(CC3CCSC3)n2)NC1. The topological polar surface area (TPSA) is 51.0 Å². The van der Waals surface area contributed by atoms with Crippen molar-refractivity contribution in [3.8, 4) is 0 Å². The summed E-state index contributed by atoms with van der Waals surface area (Å²) in [5, 5.41) is 7.58. The number of nitrogens with zero attached hydrogens (tertiary/aromatic N) is 2. The average Bonchev–Trinajstić information content (AvgIpc) is 3.02. The number of aromatic nitrogens is 2. The lowest BCUT2D eigenvalue weighted by atomic mass is 10.0. The Bertz CT molecular complexity index is 356. The van der Waals surface area contributed by atoms with Crippen LogP contribution in [0.25, 0.3) is 0 Å². The van der Waals surface area contributed by atoms with Crippen LogP contribution in [0.4, 0.5) is 0 Å². The fraction of sp³-hybridized carbons (Fsp3) is 0.833. The lowest BCUT2D eigenvalue weighted by molar-refractivity contribution is 0.339. The van der Waals surface area contributed by atoms with Gasteiger partial charge in [-0.2, -0.15) is 16.7 Å². The Hall–Kier alpha value is -0.550. The lowest BCUT2D eigenvalue weighted by Crippen LogP contribution is -2.27. The molecule has 5 heteroatoms. The molecule has 0 bridgehead atoms. The van der Waals surface area contributed by atoms with Gasteiger partial charge in [0.25, 0.3) is 0 Å². The van der Waals surface area contributed by atoms with Crippen LogP contribution >= 0.6 is 11.8 Å². The molecule has 2 unspecified atom stereocenters. The molecule has 0 spiro atoms. The molecular weight excluding hydrogens is 234 g/mol. The zero-order chi connectivity index (χ0) is 11.5. The quantitative estimate of drug-likeness (QED) is 0.894. The molecule has 0 aromatic carbocycles. The second-order valence-corrected chi connectivity index (χ2v) is 6.13. The third-order valence-electron chi connectivity index (χ3n) is 3.59. The predicted molar refractivity (Wildman–Crippen MR) is 68.0 cm³/mol. The normalized spacial score (nSPS) is 29.6. The second kappa shape index (κ2) is 5.40. The minimum absolute atomic E-state index is 0.319. The van der Waals surface area contributed by atoms with Crippen LogP contribution < -0.4 is 5.32 Å². The molecule has 2 atom stereocenters. The van der Waals surface area contributed by atoms with Crippen LogP contribution in [0.1, 0.15) is 43.4 Å². The Morgan fingerprint density at radius 3 is 3.12 bits per heavy atom. The van der Waals surface area contributed by atoms with Crippen molar-refractivity contribution >= 4 is 11.8 Å². The molecule has 1 N–H and O–H groups in total. The van der Waals surface area contributed by atoms with Crippen LogP contribution in [-0.4, -0.2) is 28.2 Å². The Morgan fingerprint density at radius 2 is 2.35 bits per heavy atom. The zero-order valence-electron chi connectivity index (χ0n) is 10.0. The summed E-state index contributed by atoms with van der Waals surface area (Å²) >= 11 is 2.03. The zero-order valence-corrected chi connectivity index (χ0v) is 10.8. The van der Waals surface area contributed by atoms with E-state index in [0.717, 1.165) is 37.0 Å². The molecule has 2 aliphatic rings. The summed E-state index contributed by atoms with van der Waals surface area (Å²) in [6.07, 6.45) is 5.93. The van der Waals surface area contributed by atoms with Gasteiger partial charge in [0.1, 0.15) is 0 Å². The van der Waals surface area contributed by atoms with Gasteiger partial charge in [-0.3, -0.25) is 0 Å². The number of hydrogen-bond donors (Lipinski definition) is 1. The van der Waals surface area contributed by atoms with Crippen LogP contribution in [0.2, 0.25) is 0 Å². The summed E-state index contributed by atoms with van der Waals surface area (Å²) in [5.41, 5.74) is 0. The van der Waals surface area contributed by atoms with Crippen LogP contribution in [0.3, 0.4) is 0 Å². The maximum absolute atomic E-state index is 5.37. The summed E-state index contributed by atoms with van der Waals surface area (Å²) in [6.45, 7) is 1.08. The highest BCUT2D eigenvalue weighted by molar-refractivity contribution is 7.99. The molecule has 2 fully saturated rings. The smallest absolute Gasteiger partial charge is 0.227 e. The first kappa shape index (κ1) is 11.5. The number of nitrogens with one attached hydrogen (secondary N) is 1. The minimum atomic E-state index is 0.319. The Morgan fingerprint density at radius 1 is 1.35 bits per heavy atom. The molecule has 1 aromatic heterocycles. The highest BCUT2D eigenvalue weighted by Gasteiger charge is 2.23. The van der Waals surface area contributed by atoms with Gasteiger partial charge >= 0.3 is 0 Å². The highest BCUT2D eigenvalue weighted by Crippen LogP contribution is 2.27. The monoisotopic (exact) mass is 253 g/mol. The first-order chi connectivity index (χ1) is 8.42. The van der Waals surface area contributed by atoms with E-state index in [1.54, 1.807) is 0 Å². The van der Waals surface area contributed by atoms with Crippen molar-refractivity contribution < 1.29 is 4.52 Å². The molecule has 0 aliphatic carbocycles. The van der Waals surface area contributed by atoms with Crippen LogP contribution in [0.15, 0.2) is 4.52 Å². The van der Waals surface area contributed by atoms with Crippen molar-refractivity contribution in [2.45, 2.75) is 38.1 Å². The van der Waals surface area contributed by atoms with Crippen molar-refractivity contribution in [1.82, 2.24) is 15.5 Å². The highest BCUT2D eigenvalue weighted by atomic mass is 32.2. The molecule has 3 heterocycles. The van der Waals surface area contributed by atoms with Gasteiger partial charge in [0.15, 0.2) is 5.82 Å². The number of thioether (sulfide) groups is 1. The van der Waals surface area contributed by atoms with E-state index >= 15 is 0 Å². The first-order valence-electron chi connectivity index (χ1n) is 6.55. The summed E-state index contributed by atoms with van der Waals surface area (Å²) in [4.78, 5) is 4.55. The molecule has 0 amide bonds. The molecule has 0 radical (unpaired) electrons. The van der Waals surface area contributed by atoms with E-state index in [9.17, 15) is 0 Å². The van der Waals surface area contributed by atoms with Crippen LogP contribution in [0.5, 0.6) is 0 Å².